The first-order valence-electron chi connectivity index (χ1n) is 8.93. The van der Waals surface area contributed by atoms with Gasteiger partial charge in [0, 0.05) is 11.1 Å². The molecule has 2 aromatic carbocycles. The molecule has 1 aliphatic heterocycles. The summed E-state index contributed by atoms with van der Waals surface area (Å²) in [7, 11) is 0. The lowest BCUT2D eigenvalue weighted by Crippen LogP contribution is -2.45. The fourth-order valence-electron chi connectivity index (χ4n) is 3.67. The lowest BCUT2D eigenvalue weighted by Gasteiger charge is -2.42. The van der Waals surface area contributed by atoms with Crippen LogP contribution in [0.4, 0.5) is 5.69 Å². The molecule has 4 rings (SSSR count). The van der Waals surface area contributed by atoms with E-state index in [-0.39, 0.29) is 6.08 Å². The van der Waals surface area contributed by atoms with E-state index in [4.69, 9.17) is 9.47 Å². The molecule has 26 heavy (non-hydrogen) atoms. The highest BCUT2D eigenvalue weighted by molar-refractivity contribution is 5.78. The van der Waals surface area contributed by atoms with Gasteiger partial charge in [0.05, 0.1) is 11.8 Å². The van der Waals surface area contributed by atoms with Crippen LogP contribution in [0.5, 0.6) is 0 Å². The number of hydrogen-bond donors (Lipinski definition) is 0. The maximum absolute atomic E-state index is 10.1. The minimum absolute atomic E-state index is 0.224. The highest BCUT2D eigenvalue weighted by Crippen LogP contribution is 2.64. The van der Waals surface area contributed by atoms with E-state index in [0.717, 1.165) is 29.7 Å². The number of fused-ring (bicyclic) bond motifs is 1. The molecule has 1 heterocycles. The Balaban J connectivity index is 1.97. The number of nitrogens with zero attached hydrogens (tertiary/aromatic N) is 2. The lowest BCUT2D eigenvalue weighted by molar-refractivity contribution is -0.0294. The summed E-state index contributed by atoms with van der Waals surface area (Å²) in [5.41, 5.74) is 0.692. The predicted octanol–water partition coefficient (Wildman–Crippen LogP) is 5.07. The van der Waals surface area contributed by atoms with Gasteiger partial charge in [-0.15, -0.1) is 0 Å². The van der Waals surface area contributed by atoms with Crippen LogP contribution < -0.4 is 0 Å². The molecule has 1 aliphatic carbocycles. The highest BCUT2D eigenvalue weighted by Gasteiger charge is 2.66. The Morgan fingerprint density at radius 1 is 1.04 bits per heavy atom. The van der Waals surface area contributed by atoms with Crippen molar-refractivity contribution in [2.45, 2.75) is 44.8 Å². The van der Waals surface area contributed by atoms with E-state index >= 15 is 0 Å². The molecule has 0 amide bonds. The predicted molar refractivity (Wildman–Crippen MR) is 100.0 cm³/mol. The smallest absolute Gasteiger partial charge is 0.390 e. The van der Waals surface area contributed by atoms with Crippen LogP contribution >= 0.6 is 0 Å². The second-order valence-electron chi connectivity index (χ2n) is 7.95. The largest absolute Gasteiger partial charge is 0.445 e. The zero-order valence-corrected chi connectivity index (χ0v) is 15.3. The number of rotatable bonds is 2. The molecule has 2 aromatic rings. The molecule has 1 unspecified atom stereocenters. The average molecular weight is 346 g/mol. The summed E-state index contributed by atoms with van der Waals surface area (Å²) in [6.07, 6.45) is 1.80. The molecule has 0 spiro atoms. The van der Waals surface area contributed by atoms with E-state index in [2.05, 4.69) is 11.1 Å². The third kappa shape index (κ3) is 2.47. The maximum Gasteiger partial charge on any atom is 0.390 e. The summed E-state index contributed by atoms with van der Waals surface area (Å²) in [5.74, 6) is 0. The molecule has 0 saturated heterocycles. The number of hydrogen-bond acceptors (Lipinski definition) is 4. The fourth-order valence-corrected chi connectivity index (χ4v) is 3.67. The van der Waals surface area contributed by atoms with E-state index in [9.17, 15) is 5.26 Å². The number of para-hydroxylation sites is 1. The Kier molecular flexibility index (Phi) is 3.59. The van der Waals surface area contributed by atoms with E-state index in [1.165, 1.54) is 0 Å². The summed E-state index contributed by atoms with van der Waals surface area (Å²) in [6.45, 7) is 5.88. The van der Waals surface area contributed by atoms with Crippen molar-refractivity contribution < 1.29 is 9.47 Å². The standard InChI is InChI=1S/C22H22N2O2/c1-20(2,3)25-19-24-18-12-8-7-11-17(18)22(26-19,21(15-23)13-14-21)16-9-5-4-6-10-16/h4-12H,13-14H2,1-3H3. The minimum atomic E-state index is -0.915. The van der Waals surface area contributed by atoms with Crippen LogP contribution in [0.1, 0.15) is 44.7 Å². The number of ether oxygens (including phenoxy) is 2. The van der Waals surface area contributed by atoms with Crippen molar-refractivity contribution in [3.8, 4) is 6.07 Å². The van der Waals surface area contributed by atoms with E-state index in [1.54, 1.807) is 0 Å². The van der Waals surface area contributed by atoms with Gasteiger partial charge in [-0.25, -0.2) is 0 Å². The van der Waals surface area contributed by atoms with Crippen LogP contribution in [0.3, 0.4) is 0 Å². The van der Waals surface area contributed by atoms with Crippen molar-refractivity contribution in [3.05, 3.63) is 65.7 Å². The summed E-state index contributed by atoms with van der Waals surface area (Å²) in [6, 6.07) is 20.4. The van der Waals surface area contributed by atoms with Crippen molar-refractivity contribution in [2.24, 2.45) is 10.4 Å². The Labute approximate surface area is 154 Å². The van der Waals surface area contributed by atoms with Crippen molar-refractivity contribution >= 4 is 11.8 Å². The topological polar surface area (TPSA) is 54.6 Å². The van der Waals surface area contributed by atoms with Gasteiger partial charge >= 0.3 is 6.08 Å². The Morgan fingerprint density at radius 3 is 2.31 bits per heavy atom. The lowest BCUT2D eigenvalue weighted by atomic mass is 9.73. The third-order valence-electron chi connectivity index (χ3n) is 4.95. The van der Waals surface area contributed by atoms with E-state index in [0.29, 0.717) is 0 Å². The number of nitriles is 1. The normalized spacial score (nSPS) is 23.1. The molecule has 132 valence electrons. The molecule has 4 nitrogen and oxygen atoms in total. The summed E-state index contributed by atoms with van der Waals surface area (Å²) < 4.78 is 12.5. The van der Waals surface area contributed by atoms with Gasteiger partial charge in [0.1, 0.15) is 11.0 Å². The van der Waals surface area contributed by atoms with Gasteiger partial charge < -0.3 is 9.47 Å². The van der Waals surface area contributed by atoms with Gasteiger partial charge in [-0.1, -0.05) is 48.5 Å². The molecular weight excluding hydrogens is 324 g/mol. The van der Waals surface area contributed by atoms with Crippen molar-refractivity contribution in [1.29, 1.82) is 5.26 Å². The van der Waals surface area contributed by atoms with Gasteiger partial charge in [-0.3, -0.25) is 0 Å². The van der Waals surface area contributed by atoms with E-state index < -0.39 is 16.6 Å². The second-order valence-corrected chi connectivity index (χ2v) is 7.95. The van der Waals surface area contributed by atoms with Crippen LogP contribution in [0.2, 0.25) is 0 Å². The van der Waals surface area contributed by atoms with Gasteiger partial charge in [-0.2, -0.15) is 10.3 Å². The van der Waals surface area contributed by atoms with Gasteiger partial charge in [0.15, 0.2) is 5.60 Å². The summed E-state index contributed by atoms with van der Waals surface area (Å²) in [4.78, 5) is 4.59. The third-order valence-corrected chi connectivity index (χ3v) is 4.95. The van der Waals surface area contributed by atoms with Crippen LogP contribution in [0, 0.1) is 16.7 Å². The Morgan fingerprint density at radius 2 is 1.69 bits per heavy atom. The van der Waals surface area contributed by atoms with Gasteiger partial charge in [0.2, 0.25) is 0 Å². The zero-order chi connectivity index (χ0) is 18.4. The van der Waals surface area contributed by atoms with Crippen LogP contribution in [-0.2, 0) is 15.1 Å². The summed E-state index contributed by atoms with van der Waals surface area (Å²) in [5, 5.41) is 10.1. The van der Waals surface area contributed by atoms with Crippen molar-refractivity contribution in [2.75, 3.05) is 0 Å². The monoisotopic (exact) mass is 346 g/mol. The first kappa shape index (κ1) is 16.7. The first-order chi connectivity index (χ1) is 12.4. The number of aliphatic imine (C=N–C) groups is 1. The van der Waals surface area contributed by atoms with E-state index in [1.807, 2.05) is 75.4 Å². The molecule has 2 aliphatic rings. The van der Waals surface area contributed by atoms with Crippen molar-refractivity contribution in [1.82, 2.24) is 0 Å². The molecule has 1 fully saturated rings. The van der Waals surface area contributed by atoms with Gasteiger partial charge in [0.25, 0.3) is 0 Å². The molecule has 0 bridgehead atoms. The highest BCUT2D eigenvalue weighted by atomic mass is 16.7. The molecule has 0 aromatic heterocycles. The fraction of sp³-hybridized carbons (Fsp3) is 0.364. The van der Waals surface area contributed by atoms with Crippen LogP contribution in [0.25, 0.3) is 0 Å². The molecule has 0 N–H and O–H groups in total. The Bertz CT molecular complexity index is 902. The molecular formula is C22H22N2O2. The molecule has 4 heteroatoms. The second kappa shape index (κ2) is 5.60. The van der Waals surface area contributed by atoms with Crippen LogP contribution in [-0.4, -0.2) is 11.7 Å². The SMILES string of the molecule is CC(C)(C)OC1=Nc2ccccc2C(c2ccccc2)(C2(C#N)CC2)O1. The minimum Gasteiger partial charge on any atom is -0.445 e. The van der Waals surface area contributed by atoms with Crippen LogP contribution in [0.15, 0.2) is 59.6 Å². The maximum atomic E-state index is 10.1. The molecule has 1 atom stereocenters. The number of benzene rings is 2. The Hall–Kier alpha value is -2.80. The zero-order valence-electron chi connectivity index (χ0n) is 15.3. The molecule has 0 radical (unpaired) electrons. The summed E-state index contributed by atoms with van der Waals surface area (Å²) >= 11 is 0. The first-order valence-corrected chi connectivity index (χ1v) is 8.93. The van der Waals surface area contributed by atoms with Gasteiger partial charge in [-0.05, 0) is 39.7 Å². The quantitative estimate of drug-likeness (QED) is 0.763. The molecule has 1 saturated carbocycles. The average Bonchev–Trinajstić information content (AvgIpc) is 3.42. The van der Waals surface area contributed by atoms with Crippen molar-refractivity contribution in [3.63, 3.8) is 0 Å².